The predicted octanol–water partition coefficient (Wildman–Crippen LogP) is -0.476. The van der Waals surface area contributed by atoms with Gasteiger partial charge in [-0.05, 0) is 36.4 Å². The Morgan fingerprint density at radius 2 is 1.51 bits per heavy atom. The van der Waals surface area contributed by atoms with Gasteiger partial charge < -0.3 is 5.11 Å². The van der Waals surface area contributed by atoms with Crippen molar-refractivity contribution >= 4 is 62.4 Å². The number of nitro benzene ring substituents is 2. The Morgan fingerprint density at radius 1 is 0.892 bits per heavy atom. The van der Waals surface area contributed by atoms with Crippen LogP contribution in [0.25, 0.3) is 0 Å². The Kier molecular flexibility index (Phi) is 10.8. The van der Waals surface area contributed by atoms with Crippen LogP contribution in [-0.4, -0.2) is 57.5 Å². The number of hydrogen-bond donors (Lipinski definition) is 4. The molecule has 0 aliphatic rings. The molecule has 0 saturated carbocycles. The van der Waals surface area contributed by atoms with Gasteiger partial charge in [0.05, 0.1) is 26.5 Å². The van der Waals surface area contributed by atoms with Gasteiger partial charge in [-0.1, -0.05) is 0 Å². The zero-order valence-electron chi connectivity index (χ0n) is 18.3. The van der Waals surface area contributed by atoms with Gasteiger partial charge in [-0.25, -0.2) is 0 Å². The van der Waals surface area contributed by atoms with Crippen molar-refractivity contribution in [3.63, 3.8) is 0 Å². The minimum absolute atomic E-state index is 0. The van der Waals surface area contributed by atoms with E-state index in [0.717, 1.165) is 24.3 Å². The third-order valence-electron chi connectivity index (χ3n) is 4.30. The molecule has 3 aromatic carbocycles. The van der Waals surface area contributed by atoms with Crippen molar-refractivity contribution in [1.29, 1.82) is 0 Å². The summed E-state index contributed by atoms with van der Waals surface area (Å²) < 4.78 is 31.1. The van der Waals surface area contributed by atoms with E-state index in [2.05, 4.69) is 15.6 Å². The summed E-state index contributed by atoms with van der Waals surface area (Å²) in [6.45, 7) is 0. The van der Waals surface area contributed by atoms with Gasteiger partial charge in [0.2, 0.25) is 16.6 Å². The van der Waals surface area contributed by atoms with Crippen molar-refractivity contribution in [3.8, 4) is 5.75 Å². The molecule has 16 nitrogen and oxygen atoms in total. The number of phenols is 1. The van der Waals surface area contributed by atoms with Gasteiger partial charge in [0.1, 0.15) is 11.0 Å². The topological polar surface area (TPSA) is 244 Å². The first-order valence-corrected chi connectivity index (χ1v) is 10.5. The van der Waals surface area contributed by atoms with Crippen LogP contribution >= 0.6 is 0 Å². The number of phenolic OH excluding ortho intramolecular Hbond substituents is 1. The summed E-state index contributed by atoms with van der Waals surface area (Å²) in [4.78, 5) is 44.3. The number of hydrogen-bond acceptors (Lipinski definition) is 13. The number of benzene rings is 3. The minimum Gasteiger partial charge on any atom is -0.501 e. The zero-order chi connectivity index (χ0) is 25.9. The maximum atomic E-state index is 12.6. The number of anilines is 2. The van der Waals surface area contributed by atoms with Crippen LogP contribution in [0.4, 0.5) is 22.7 Å². The van der Waals surface area contributed by atoms with E-state index in [-0.39, 0.29) is 62.6 Å². The van der Waals surface area contributed by atoms with Crippen molar-refractivity contribution in [2.45, 2.75) is 4.90 Å². The van der Waals surface area contributed by atoms with E-state index in [1.807, 2.05) is 5.43 Å². The average molecular weight is 591 g/mol. The fourth-order valence-corrected chi connectivity index (χ4v) is 3.09. The second kappa shape index (κ2) is 12.6. The van der Waals surface area contributed by atoms with E-state index in [0.29, 0.717) is 12.1 Å². The van der Waals surface area contributed by atoms with Crippen LogP contribution in [0.15, 0.2) is 73.2 Å². The summed E-state index contributed by atoms with van der Waals surface area (Å²) in [5, 5.41) is 38.3. The maximum Gasteiger partial charge on any atom is 0.319 e. The molecule has 0 spiro atoms. The van der Waals surface area contributed by atoms with Gasteiger partial charge in [-0.15, -0.1) is 0 Å². The second-order valence-electron chi connectivity index (χ2n) is 6.58. The molecule has 19 heteroatoms. The van der Waals surface area contributed by atoms with Gasteiger partial charge in [0.15, 0.2) is 5.36 Å². The van der Waals surface area contributed by atoms with Crippen molar-refractivity contribution in [3.05, 3.63) is 99.9 Å². The largest absolute Gasteiger partial charge is 0.501 e. The first kappa shape index (κ1) is 31.5. The van der Waals surface area contributed by atoms with Crippen molar-refractivity contribution in [2.24, 2.45) is 10.2 Å². The number of rotatable bonds is 7. The van der Waals surface area contributed by atoms with Crippen LogP contribution in [0.5, 0.6) is 5.75 Å². The summed E-state index contributed by atoms with van der Waals surface area (Å²) in [5.41, 5.74) is 0.437. The van der Waals surface area contributed by atoms with E-state index in [4.69, 9.17) is 4.55 Å². The molecule has 3 aromatic rings. The van der Waals surface area contributed by atoms with E-state index < -0.39 is 59.0 Å². The summed E-state index contributed by atoms with van der Waals surface area (Å²) in [6.07, 6.45) is 0. The Labute approximate surface area is 237 Å². The van der Waals surface area contributed by atoms with Crippen LogP contribution in [0.3, 0.4) is 0 Å². The monoisotopic (exact) mass is 590 g/mol. The normalized spacial score (nSPS) is 11.7. The number of nitro groups is 2. The molecule has 0 aliphatic heterocycles. The van der Waals surface area contributed by atoms with Gasteiger partial charge in [0.25, 0.3) is 15.8 Å². The summed E-state index contributed by atoms with van der Waals surface area (Å²) in [7, 11) is -4.41. The van der Waals surface area contributed by atoms with E-state index in [9.17, 15) is 43.3 Å². The molecule has 0 bridgehead atoms. The van der Waals surface area contributed by atoms with E-state index >= 15 is 0 Å². The molecule has 0 unspecified atom stereocenters. The number of nitrogens with zero attached hydrogens (tertiary/aromatic N) is 4. The average Bonchev–Trinajstić information content (AvgIpc) is 2.78. The maximum absolute atomic E-state index is 12.6. The van der Waals surface area contributed by atoms with Gasteiger partial charge >= 0.3 is 5.69 Å². The van der Waals surface area contributed by atoms with Gasteiger partial charge in [0, 0.05) is 52.7 Å². The van der Waals surface area contributed by atoms with E-state index in [1.54, 1.807) is 0 Å². The minimum atomic E-state index is -4.41. The molecule has 0 heterocycles. The molecular formula is C18H12CuN6NaO10S. The SMILES string of the molecule is O=c1ccc(=NNc2ccc(S(=O)(=O)O)cc2)c(=O)c1=NNc1cc([N+](=O)[O-])cc([N+](=O)[O-])c1O.[Cu].[Na]. The quantitative estimate of drug-likeness (QED) is 0.0896. The molecule has 192 valence electrons. The molecule has 2 radical (unpaired) electrons. The second-order valence-corrected chi connectivity index (χ2v) is 8.00. The molecule has 3 rings (SSSR count). The third kappa shape index (κ3) is 7.49. The fourth-order valence-electron chi connectivity index (χ4n) is 2.61. The summed E-state index contributed by atoms with van der Waals surface area (Å²) in [6, 6.07) is 7.84. The Morgan fingerprint density at radius 3 is 2.05 bits per heavy atom. The van der Waals surface area contributed by atoms with Crippen LogP contribution in [-0.2, 0) is 27.2 Å². The molecule has 0 aromatic heterocycles. The first-order chi connectivity index (χ1) is 16.4. The van der Waals surface area contributed by atoms with Crippen LogP contribution in [0, 0.1) is 20.2 Å². The molecule has 4 N–H and O–H groups in total. The standard InChI is InChI=1S/C18H12N6O10S.Cu.Na/c25-15-6-5-12(20-19-9-1-3-11(4-2-9)35(32,33)34)18(27)16(15)22-21-13-7-10(23(28)29)8-14(17(13)26)24(30)31;;/h1-8,19,21,26H,(H,32,33,34);;. The number of non-ortho nitro benzene ring substituents is 1. The first-order valence-electron chi connectivity index (χ1n) is 9.06. The van der Waals surface area contributed by atoms with Gasteiger partial charge in [-0.2, -0.15) is 18.6 Å². The molecule has 37 heavy (non-hydrogen) atoms. The third-order valence-corrected chi connectivity index (χ3v) is 5.17. The van der Waals surface area contributed by atoms with Crippen molar-refractivity contribution in [2.75, 3.05) is 10.9 Å². The molecule has 0 saturated heterocycles. The molecule has 0 aliphatic carbocycles. The molecule has 0 atom stereocenters. The Balaban J connectivity index is 0.00000342. The molecule has 0 amide bonds. The molecule has 0 fully saturated rings. The smallest absolute Gasteiger partial charge is 0.319 e. The van der Waals surface area contributed by atoms with Gasteiger partial charge in [-0.3, -0.25) is 45.2 Å². The summed E-state index contributed by atoms with van der Waals surface area (Å²) in [5.74, 6) is -1.01. The van der Waals surface area contributed by atoms with E-state index in [1.165, 1.54) is 12.1 Å². The Hall–Kier alpha value is -3.51. The Bertz CT molecular complexity index is 1690. The van der Waals surface area contributed by atoms with Crippen LogP contribution < -0.4 is 32.4 Å². The summed E-state index contributed by atoms with van der Waals surface area (Å²) >= 11 is 0. The molecular weight excluding hydrogens is 579 g/mol. The fraction of sp³-hybridized carbons (Fsp3) is 0. The van der Waals surface area contributed by atoms with Crippen molar-refractivity contribution < 1.29 is 45.0 Å². The van der Waals surface area contributed by atoms with Crippen molar-refractivity contribution in [1.82, 2.24) is 0 Å². The predicted molar refractivity (Wildman–Crippen MR) is 123 cm³/mol. The number of aromatic hydroxyl groups is 1. The number of nitrogens with one attached hydrogen (secondary N) is 2. The zero-order valence-corrected chi connectivity index (χ0v) is 22.0. The van der Waals surface area contributed by atoms with Crippen LogP contribution in [0.2, 0.25) is 0 Å². The van der Waals surface area contributed by atoms with Crippen LogP contribution in [0.1, 0.15) is 0 Å².